The Balaban J connectivity index is 2.06. The van der Waals surface area contributed by atoms with E-state index in [1.165, 1.54) is 0 Å². The van der Waals surface area contributed by atoms with Crippen LogP contribution in [0.2, 0.25) is 0 Å². The highest BCUT2D eigenvalue weighted by molar-refractivity contribution is 5.70. The average Bonchev–Trinajstić information content (AvgIpc) is 2.83. The van der Waals surface area contributed by atoms with E-state index in [9.17, 15) is 4.79 Å². The van der Waals surface area contributed by atoms with Crippen LogP contribution in [-0.4, -0.2) is 25.8 Å². The summed E-state index contributed by atoms with van der Waals surface area (Å²) in [5.41, 5.74) is 5.89. The highest BCUT2D eigenvalue weighted by Crippen LogP contribution is 2.29. The van der Waals surface area contributed by atoms with Gasteiger partial charge in [-0.3, -0.25) is 0 Å². The summed E-state index contributed by atoms with van der Waals surface area (Å²) >= 11 is 0. The van der Waals surface area contributed by atoms with Crippen LogP contribution in [0, 0.1) is 0 Å². The Morgan fingerprint density at radius 2 is 2.16 bits per heavy atom. The molecular formula is C14H20N2O3. The van der Waals surface area contributed by atoms with Gasteiger partial charge in [-0.05, 0) is 24.1 Å². The lowest BCUT2D eigenvalue weighted by atomic mass is 9.94. The molecule has 0 aliphatic carbocycles. The summed E-state index contributed by atoms with van der Waals surface area (Å²) in [6.45, 7) is 3.49. The number of amides is 1. The predicted octanol–water partition coefficient (Wildman–Crippen LogP) is 1.76. The van der Waals surface area contributed by atoms with Gasteiger partial charge in [-0.2, -0.15) is 0 Å². The van der Waals surface area contributed by atoms with Crippen LogP contribution in [0.1, 0.15) is 25.3 Å². The first-order valence-corrected chi connectivity index (χ1v) is 6.60. The fraction of sp³-hybridized carbons (Fsp3) is 0.500. The maximum Gasteiger partial charge on any atom is 0.408 e. The maximum absolute atomic E-state index is 11.2. The van der Waals surface area contributed by atoms with Crippen molar-refractivity contribution < 1.29 is 14.3 Å². The summed E-state index contributed by atoms with van der Waals surface area (Å²) in [7, 11) is 0. The molecule has 1 fully saturated rings. The fourth-order valence-electron chi connectivity index (χ4n) is 2.05. The number of nitrogens with one attached hydrogen (secondary N) is 1. The van der Waals surface area contributed by atoms with Crippen molar-refractivity contribution >= 4 is 6.09 Å². The van der Waals surface area contributed by atoms with Crippen LogP contribution in [-0.2, 0) is 10.3 Å². The number of cyclic esters (lactones) is 1. The molecule has 3 N–H and O–H groups in total. The van der Waals surface area contributed by atoms with Gasteiger partial charge in [0.05, 0.1) is 13.2 Å². The number of hydrogen-bond donors (Lipinski definition) is 2. The van der Waals surface area contributed by atoms with Crippen LogP contribution in [0.25, 0.3) is 0 Å². The number of carbonyl (C=O) groups is 1. The molecule has 1 aromatic carbocycles. The Hall–Kier alpha value is -1.75. The van der Waals surface area contributed by atoms with E-state index in [0.29, 0.717) is 13.2 Å². The van der Waals surface area contributed by atoms with Crippen molar-refractivity contribution in [2.75, 3.05) is 19.7 Å². The van der Waals surface area contributed by atoms with E-state index in [-0.39, 0.29) is 6.54 Å². The zero-order chi connectivity index (χ0) is 13.7. The average molecular weight is 264 g/mol. The minimum atomic E-state index is -0.751. The van der Waals surface area contributed by atoms with Gasteiger partial charge in [0, 0.05) is 6.54 Å². The lowest BCUT2D eigenvalue weighted by Gasteiger charge is -2.25. The molecule has 1 amide bonds. The van der Waals surface area contributed by atoms with Crippen molar-refractivity contribution in [3.8, 4) is 5.75 Å². The summed E-state index contributed by atoms with van der Waals surface area (Å²) < 4.78 is 10.9. The smallest absolute Gasteiger partial charge is 0.408 e. The van der Waals surface area contributed by atoms with Crippen molar-refractivity contribution in [2.24, 2.45) is 5.73 Å². The van der Waals surface area contributed by atoms with Gasteiger partial charge in [0.25, 0.3) is 0 Å². The first kappa shape index (κ1) is 13.7. The summed E-state index contributed by atoms with van der Waals surface area (Å²) in [4.78, 5) is 11.2. The first-order valence-electron chi connectivity index (χ1n) is 6.60. The summed E-state index contributed by atoms with van der Waals surface area (Å²) in [6.07, 6.45) is 1.72. The minimum Gasteiger partial charge on any atom is -0.494 e. The van der Waals surface area contributed by atoms with E-state index in [0.717, 1.165) is 24.2 Å². The molecule has 0 radical (unpaired) electrons. The van der Waals surface area contributed by atoms with Crippen LogP contribution in [0.3, 0.4) is 0 Å². The van der Waals surface area contributed by atoms with Gasteiger partial charge in [-0.25, -0.2) is 4.79 Å². The molecule has 1 heterocycles. The Morgan fingerprint density at radius 3 is 2.68 bits per heavy atom. The Labute approximate surface area is 113 Å². The van der Waals surface area contributed by atoms with Crippen molar-refractivity contribution in [1.82, 2.24) is 5.32 Å². The number of unbranched alkanes of at least 4 members (excludes halogenated alkanes) is 1. The van der Waals surface area contributed by atoms with Crippen LogP contribution in [0.4, 0.5) is 4.79 Å². The number of nitrogens with two attached hydrogens (primary N) is 1. The molecule has 0 spiro atoms. The minimum absolute atomic E-state index is 0.252. The number of ether oxygens (including phenoxy) is 2. The number of rotatable bonds is 6. The monoisotopic (exact) mass is 264 g/mol. The fourth-order valence-corrected chi connectivity index (χ4v) is 2.05. The molecule has 0 aromatic heterocycles. The summed E-state index contributed by atoms with van der Waals surface area (Å²) in [5, 5.41) is 2.64. The van der Waals surface area contributed by atoms with Crippen molar-refractivity contribution in [1.29, 1.82) is 0 Å². The molecule has 1 aliphatic rings. The highest BCUT2D eigenvalue weighted by atomic mass is 16.6. The third-order valence-electron chi connectivity index (χ3n) is 3.28. The molecule has 1 unspecified atom stereocenters. The van der Waals surface area contributed by atoms with E-state index in [1.54, 1.807) is 0 Å². The molecule has 1 aliphatic heterocycles. The highest BCUT2D eigenvalue weighted by Gasteiger charge is 2.40. The lowest BCUT2D eigenvalue weighted by molar-refractivity contribution is 0.0617. The second-order valence-corrected chi connectivity index (χ2v) is 4.67. The van der Waals surface area contributed by atoms with E-state index in [4.69, 9.17) is 15.2 Å². The molecule has 2 rings (SSSR count). The largest absolute Gasteiger partial charge is 0.494 e. The quantitative estimate of drug-likeness (QED) is 0.768. The van der Waals surface area contributed by atoms with Gasteiger partial charge in [-0.1, -0.05) is 25.5 Å². The van der Waals surface area contributed by atoms with Crippen molar-refractivity contribution in [2.45, 2.75) is 25.4 Å². The number of hydrogen-bond acceptors (Lipinski definition) is 4. The number of benzene rings is 1. The first-order chi connectivity index (χ1) is 9.20. The van der Waals surface area contributed by atoms with Gasteiger partial charge < -0.3 is 20.5 Å². The molecular weight excluding hydrogens is 244 g/mol. The van der Waals surface area contributed by atoms with E-state index in [1.807, 2.05) is 24.3 Å². The van der Waals surface area contributed by atoms with E-state index in [2.05, 4.69) is 12.2 Å². The zero-order valence-corrected chi connectivity index (χ0v) is 11.1. The summed E-state index contributed by atoms with van der Waals surface area (Å²) in [6, 6.07) is 7.56. The van der Waals surface area contributed by atoms with Crippen LogP contribution in [0.5, 0.6) is 5.75 Å². The van der Waals surface area contributed by atoms with Gasteiger partial charge >= 0.3 is 6.09 Å². The molecule has 0 bridgehead atoms. The topological polar surface area (TPSA) is 73.6 Å². The summed E-state index contributed by atoms with van der Waals surface area (Å²) in [5.74, 6) is 0.821. The Kier molecular flexibility index (Phi) is 4.27. The lowest BCUT2D eigenvalue weighted by Crippen LogP contribution is -2.38. The normalized spacial score (nSPS) is 21.9. The molecule has 0 saturated carbocycles. The third kappa shape index (κ3) is 2.98. The third-order valence-corrected chi connectivity index (χ3v) is 3.28. The molecule has 1 saturated heterocycles. The van der Waals surface area contributed by atoms with Crippen LogP contribution in [0.15, 0.2) is 24.3 Å². The Morgan fingerprint density at radius 1 is 1.42 bits per heavy atom. The molecule has 1 atom stereocenters. The second kappa shape index (κ2) is 5.93. The van der Waals surface area contributed by atoms with E-state index < -0.39 is 11.7 Å². The maximum atomic E-state index is 11.2. The molecule has 5 heteroatoms. The van der Waals surface area contributed by atoms with Crippen LogP contribution < -0.4 is 15.8 Å². The Bertz CT molecular complexity index is 433. The standard InChI is InChI=1S/C14H20N2O3/c1-2-3-8-18-12-6-4-11(5-7-12)14(9-15)10-16-13(17)19-14/h4-7H,2-3,8-10,15H2,1H3,(H,16,17). The van der Waals surface area contributed by atoms with Gasteiger partial charge in [-0.15, -0.1) is 0 Å². The number of carbonyl (C=O) groups excluding carboxylic acids is 1. The predicted molar refractivity (Wildman–Crippen MR) is 72.1 cm³/mol. The second-order valence-electron chi connectivity index (χ2n) is 4.67. The molecule has 19 heavy (non-hydrogen) atoms. The SMILES string of the molecule is CCCCOc1ccc(C2(CN)CNC(=O)O2)cc1. The van der Waals surface area contributed by atoms with Gasteiger partial charge in [0.2, 0.25) is 0 Å². The van der Waals surface area contributed by atoms with E-state index >= 15 is 0 Å². The zero-order valence-electron chi connectivity index (χ0n) is 11.1. The van der Waals surface area contributed by atoms with Gasteiger partial charge in [0.1, 0.15) is 5.75 Å². The van der Waals surface area contributed by atoms with Crippen molar-refractivity contribution in [3.63, 3.8) is 0 Å². The van der Waals surface area contributed by atoms with Crippen LogP contribution >= 0.6 is 0 Å². The molecule has 5 nitrogen and oxygen atoms in total. The number of alkyl carbamates (subject to hydrolysis) is 1. The van der Waals surface area contributed by atoms with Crippen molar-refractivity contribution in [3.05, 3.63) is 29.8 Å². The molecule has 1 aromatic rings. The molecule has 104 valence electrons. The van der Waals surface area contributed by atoms with Gasteiger partial charge in [0.15, 0.2) is 5.60 Å².